The molecule has 0 amide bonds. The number of rotatable bonds is 7. The number of Topliss-reactive ketones (excluding diaryl/α,β-unsaturated/α-hetero) is 1. The molecule has 1 heterocycles. The SMILES string of the molecule is CO/C(=C\c1c[nH]c2ccccc12)C(=O)c1cc(OC)c(OC)c(OC)c1. The molecule has 0 bridgehead atoms. The van der Waals surface area contributed by atoms with E-state index in [-0.39, 0.29) is 11.5 Å². The fourth-order valence-corrected chi connectivity index (χ4v) is 2.93. The third-order valence-corrected chi connectivity index (χ3v) is 4.28. The summed E-state index contributed by atoms with van der Waals surface area (Å²) in [4.78, 5) is 16.2. The summed E-state index contributed by atoms with van der Waals surface area (Å²) in [6.45, 7) is 0. The largest absolute Gasteiger partial charge is 0.493 e. The van der Waals surface area contributed by atoms with Gasteiger partial charge in [-0.2, -0.15) is 0 Å². The molecule has 0 aliphatic heterocycles. The van der Waals surface area contributed by atoms with Crippen molar-refractivity contribution in [3.8, 4) is 17.2 Å². The summed E-state index contributed by atoms with van der Waals surface area (Å²) in [5, 5.41) is 1.00. The molecule has 6 heteroatoms. The predicted molar refractivity (Wildman–Crippen MR) is 104 cm³/mol. The highest BCUT2D eigenvalue weighted by molar-refractivity contribution is 6.11. The number of carbonyl (C=O) groups excluding carboxylic acids is 1. The molecule has 0 spiro atoms. The Morgan fingerprint density at radius 2 is 1.63 bits per heavy atom. The highest BCUT2D eigenvalue weighted by atomic mass is 16.5. The molecule has 2 aromatic carbocycles. The summed E-state index contributed by atoms with van der Waals surface area (Å²) in [5.74, 6) is 1.15. The van der Waals surface area contributed by atoms with Crippen molar-refractivity contribution < 1.29 is 23.7 Å². The summed E-state index contributed by atoms with van der Waals surface area (Å²) in [6, 6.07) is 11.1. The first-order valence-corrected chi connectivity index (χ1v) is 8.29. The van der Waals surface area contributed by atoms with Gasteiger partial charge in [0.2, 0.25) is 11.5 Å². The summed E-state index contributed by atoms with van der Waals surface area (Å²) in [6.07, 6.45) is 3.55. The predicted octanol–water partition coefficient (Wildman–Crippen LogP) is 4.06. The Labute approximate surface area is 157 Å². The smallest absolute Gasteiger partial charge is 0.227 e. The Kier molecular flexibility index (Phi) is 5.35. The lowest BCUT2D eigenvalue weighted by atomic mass is 10.1. The van der Waals surface area contributed by atoms with E-state index in [9.17, 15) is 4.79 Å². The molecule has 0 fully saturated rings. The Balaban J connectivity index is 2.05. The van der Waals surface area contributed by atoms with Gasteiger partial charge in [-0.1, -0.05) is 18.2 Å². The molecular formula is C21H21NO5. The van der Waals surface area contributed by atoms with Crippen LogP contribution in [-0.4, -0.2) is 39.2 Å². The molecule has 3 aromatic rings. The second-order valence-corrected chi connectivity index (χ2v) is 5.75. The number of nitrogens with one attached hydrogen (secondary N) is 1. The van der Waals surface area contributed by atoms with Crippen LogP contribution in [0.1, 0.15) is 15.9 Å². The quantitative estimate of drug-likeness (QED) is 0.387. The molecule has 0 aliphatic rings. The molecule has 0 radical (unpaired) electrons. The number of benzene rings is 2. The van der Waals surface area contributed by atoms with Gasteiger partial charge in [-0.3, -0.25) is 4.79 Å². The molecule has 0 unspecified atom stereocenters. The Bertz CT molecular complexity index is 978. The van der Waals surface area contributed by atoms with Gasteiger partial charge in [-0.25, -0.2) is 0 Å². The summed E-state index contributed by atoms with van der Waals surface area (Å²) >= 11 is 0. The van der Waals surface area contributed by atoms with Crippen LogP contribution in [0, 0.1) is 0 Å². The maximum Gasteiger partial charge on any atom is 0.227 e. The van der Waals surface area contributed by atoms with Gasteiger partial charge >= 0.3 is 0 Å². The van der Waals surface area contributed by atoms with Gasteiger partial charge in [0.15, 0.2) is 17.3 Å². The first-order valence-electron chi connectivity index (χ1n) is 8.29. The number of ketones is 1. The van der Waals surface area contributed by atoms with E-state index in [0.717, 1.165) is 16.5 Å². The molecule has 1 N–H and O–H groups in total. The van der Waals surface area contributed by atoms with Gasteiger partial charge in [0.05, 0.1) is 28.4 Å². The fraction of sp³-hybridized carbons (Fsp3) is 0.190. The van der Waals surface area contributed by atoms with Crippen molar-refractivity contribution in [2.24, 2.45) is 0 Å². The number of hydrogen-bond acceptors (Lipinski definition) is 5. The minimum Gasteiger partial charge on any atom is -0.493 e. The van der Waals surface area contributed by atoms with Crippen LogP contribution in [0.3, 0.4) is 0 Å². The van der Waals surface area contributed by atoms with Crippen LogP contribution in [0.5, 0.6) is 17.2 Å². The van der Waals surface area contributed by atoms with E-state index in [1.54, 1.807) is 18.2 Å². The topological polar surface area (TPSA) is 69.8 Å². The van der Waals surface area contributed by atoms with Crippen molar-refractivity contribution in [2.75, 3.05) is 28.4 Å². The molecule has 1 aromatic heterocycles. The number of fused-ring (bicyclic) bond motifs is 1. The Morgan fingerprint density at radius 3 is 2.22 bits per heavy atom. The van der Waals surface area contributed by atoms with Crippen molar-refractivity contribution in [3.05, 3.63) is 59.5 Å². The molecular weight excluding hydrogens is 346 g/mol. The van der Waals surface area contributed by atoms with E-state index in [2.05, 4.69) is 4.98 Å². The molecule has 27 heavy (non-hydrogen) atoms. The number of carbonyl (C=O) groups is 1. The van der Waals surface area contributed by atoms with Gasteiger partial charge in [-0.05, 0) is 24.3 Å². The zero-order valence-corrected chi connectivity index (χ0v) is 15.7. The van der Waals surface area contributed by atoms with Crippen LogP contribution in [0.4, 0.5) is 0 Å². The van der Waals surface area contributed by atoms with Crippen LogP contribution in [0.25, 0.3) is 17.0 Å². The molecule has 0 atom stereocenters. The molecule has 3 rings (SSSR count). The van der Waals surface area contributed by atoms with Crippen LogP contribution in [0.15, 0.2) is 48.4 Å². The van der Waals surface area contributed by atoms with Gasteiger partial charge in [0.1, 0.15) is 0 Å². The van der Waals surface area contributed by atoms with Crippen LogP contribution in [0.2, 0.25) is 0 Å². The first kappa shape index (κ1) is 18.4. The zero-order chi connectivity index (χ0) is 19.4. The highest BCUT2D eigenvalue weighted by Gasteiger charge is 2.20. The molecule has 0 aliphatic carbocycles. The fourth-order valence-electron chi connectivity index (χ4n) is 2.93. The lowest BCUT2D eigenvalue weighted by Crippen LogP contribution is -2.07. The average molecular weight is 367 g/mol. The van der Waals surface area contributed by atoms with Gasteiger partial charge in [-0.15, -0.1) is 0 Å². The Morgan fingerprint density at radius 1 is 0.963 bits per heavy atom. The number of para-hydroxylation sites is 1. The van der Waals surface area contributed by atoms with Crippen LogP contribution >= 0.6 is 0 Å². The zero-order valence-electron chi connectivity index (χ0n) is 15.7. The second kappa shape index (κ2) is 7.86. The second-order valence-electron chi connectivity index (χ2n) is 5.75. The molecule has 6 nitrogen and oxygen atoms in total. The summed E-state index contributed by atoms with van der Waals surface area (Å²) < 4.78 is 21.3. The number of hydrogen-bond donors (Lipinski definition) is 1. The number of ether oxygens (including phenoxy) is 4. The number of aromatic nitrogens is 1. The summed E-state index contributed by atoms with van der Waals surface area (Å²) in [7, 11) is 5.99. The lowest BCUT2D eigenvalue weighted by Gasteiger charge is -2.14. The van der Waals surface area contributed by atoms with E-state index in [1.165, 1.54) is 28.4 Å². The van der Waals surface area contributed by atoms with Crippen molar-refractivity contribution in [1.29, 1.82) is 0 Å². The molecule has 0 saturated heterocycles. The van der Waals surface area contributed by atoms with Crippen molar-refractivity contribution in [1.82, 2.24) is 4.98 Å². The summed E-state index contributed by atoms with van der Waals surface area (Å²) in [5.41, 5.74) is 2.22. The van der Waals surface area contributed by atoms with E-state index >= 15 is 0 Å². The van der Waals surface area contributed by atoms with Crippen molar-refractivity contribution in [2.45, 2.75) is 0 Å². The standard InChI is InChI=1S/C21H21NO5/c1-24-17(11-14-12-22-16-8-6-5-7-15(14)16)20(23)13-9-18(25-2)21(27-4)19(10-13)26-3/h5-12,22H,1-4H3/b17-11-. The highest BCUT2D eigenvalue weighted by Crippen LogP contribution is 2.38. The molecule has 0 saturated carbocycles. The van der Waals surface area contributed by atoms with E-state index in [0.29, 0.717) is 22.8 Å². The number of methoxy groups -OCH3 is 4. The van der Waals surface area contributed by atoms with Gasteiger partial charge < -0.3 is 23.9 Å². The van der Waals surface area contributed by atoms with E-state index < -0.39 is 0 Å². The maximum atomic E-state index is 13.0. The normalized spacial score (nSPS) is 11.3. The third-order valence-electron chi connectivity index (χ3n) is 4.28. The third kappa shape index (κ3) is 3.46. The Hall–Kier alpha value is -3.41. The van der Waals surface area contributed by atoms with Crippen LogP contribution < -0.4 is 14.2 Å². The van der Waals surface area contributed by atoms with Crippen molar-refractivity contribution >= 4 is 22.8 Å². The van der Waals surface area contributed by atoms with E-state index in [4.69, 9.17) is 18.9 Å². The monoisotopic (exact) mass is 367 g/mol. The van der Waals surface area contributed by atoms with Crippen molar-refractivity contribution in [3.63, 3.8) is 0 Å². The molecule has 140 valence electrons. The maximum absolute atomic E-state index is 13.0. The lowest BCUT2D eigenvalue weighted by molar-refractivity contribution is 0.0956. The number of allylic oxidation sites excluding steroid dienone is 1. The number of aromatic amines is 1. The minimum atomic E-state index is -0.290. The van der Waals surface area contributed by atoms with Gasteiger partial charge in [0.25, 0.3) is 0 Å². The number of H-pyrrole nitrogens is 1. The first-order chi connectivity index (χ1) is 13.1. The van der Waals surface area contributed by atoms with Gasteiger partial charge in [0, 0.05) is 28.2 Å². The minimum absolute atomic E-state index is 0.203. The van der Waals surface area contributed by atoms with E-state index in [1.807, 2.05) is 30.5 Å². The average Bonchev–Trinajstić information content (AvgIpc) is 3.13. The van der Waals surface area contributed by atoms with Crippen LogP contribution in [-0.2, 0) is 4.74 Å².